The molecule has 0 amide bonds. The van der Waals surface area contributed by atoms with Crippen LogP contribution in [0.1, 0.15) is 11.4 Å². The molecule has 1 unspecified atom stereocenters. The largest absolute Gasteiger partial charge is 0.382 e. The Bertz CT molecular complexity index is 326. The number of ether oxygens (including phenoxy) is 2. The number of likely N-dealkylation sites (N-methyl/N-ethyl adjacent to an activating group) is 1. The second kappa shape index (κ2) is 7.42. The highest BCUT2D eigenvalue weighted by molar-refractivity contribution is 5.10. The van der Waals surface area contributed by atoms with Gasteiger partial charge in [0.2, 0.25) is 0 Å². The van der Waals surface area contributed by atoms with Gasteiger partial charge in [-0.15, -0.1) is 0 Å². The summed E-state index contributed by atoms with van der Waals surface area (Å²) in [6, 6.07) is 2.42. The van der Waals surface area contributed by atoms with Crippen molar-refractivity contribution < 1.29 is 9.47 Å². The third-order valence-electron chi connectivity index (χ3n) is 2.71. The number of hydrogen-bond acceptors (Lipinski definition) is 4. The molecular formula is C12H23N3O2. The first kappa shape index (κ1) is 14.2. The van der Waals surface area contributed by atoms with Crippen LogP contribution in [0.25, 0.3) is 0 Å². The van der Waals surface area contributed by atoms with Gasteiger partial charge in [-0.25, -0.2) is 0 Å². The Morgan fingerprint density at radius 3 is 2.76 bits per heavy atom. The molecule has 0 aliphatic rings. The van der Waals surface area contributed by atoms with E-state index in [9.17, 15) is 0 Å². The summed E-state index contributed by atoms with van der Waals surface area (Å²) >= 11 is 0. The molecule has 17 heavy (non-hydrogen) atoms. The molecule has 0 radical (unpaired) electrons. The zero-order chi connectivity index (χ0) is 12.7. The fourth-order valence-corrected chi connectivity index (χ4v) is 1.72. The summed E-state index contributed by atoms with van der Waals surface area (Å²) in [6.45, 7) is 3.97. The predicted octanol–water partition coefficient (Wildman–Crippen LogP) is 0.522. The van der Waals surface area contributed by atoms with Crippen LogP contribution < -0.4 is 5.32 Å². The number of aryl methyl sites for hydroxylation is 2. The van der Waals surface area contributed by atoms with Crippen LogP contribution >= 0.6 is 0 Å². The molecular weight excluding hydrogens is 218 g/mol. The monoisotopic (exact) mass is 241 g/mol. The molecule has 5 heteroatoms. The van der Waals surface area contributed by atoms with Crippen molar-refractivity contribution in [2.24, 2.45) is 7.05 Å². The smallest absolute Gasteiger partial charge is 0.0701 e. The maximum atomic E-state index is 5.53. The van der Waals surface area contributed by atoms with E-state index in [1.54, 1.807) is 7.11 Å². The number of aromatic nitrogens is 2. The third kappa shape index (κ3) is 4.85. The zero-order valence-electron chi connectivity index (χ0n) is 11.2. The second-order valence-corrected chi connectivity index (χ2v) is 4.16. The Labute approximate surface area is 103 Å². The van der Waals surface area contributed by atoms with E-state index in [1.807, 2.05) is 25.7 Å². The van der Waals surface area contributed by atoms with E-state index in [2.05, 4.69) is 16.5 Å². The minimum atomic E-state index is 0.307. The van der Waals surface area contributed by atoms with Gasteiger partial charge < -0.3 is 14.8 Å². The van der Waals surface area contributed by atoms with Gasteiger partial charge in [-0.2, -0.15) is 5.10 Å². The third-order valence-corrected chi connectivity index (χ3v) is 2.71. The van der Waals surface area contributed by atoms with E-state index in [-0.39, 0.29) is 0 Å². The highest BCUT2D eigenvalue weighted by Gasteiger charge is 2.11. The van der Waals surface area contributed by atoms with Crippen LogP contribution in [0.5, 0.6) is 0 Å². The molecule has 1 aromatic heterocycles. The normalized spacial score (nSPS) is 12.9. The van der Waals surface area contributed by atoms with Gasteiger partial charge in [-0.05, 0) is 20.0 Å². The molecule has 0 saturated heterocycles. The molecule has 0 bridgehead atoms. The lowest BCUT2D eigenvalue weighted by atomic mass is 10.1. The first-order valence-corrected chi connectivity index (χ1v) is 5.90. The van der Waals surface area contributed by atoms with Crippen LogP contribution in [0.2, 0.25) is 0 Å². The first-order chi connectivity index (χ1) is 8.17. The number of nitrogens with zero attached hydrogens (tertiary/aromatic N) is 2. The van der Waals surface area contributed by atoms with Crippen molar-refractivity contribution in [1.82, 2.24) is 15.1 Å². The molecule has 5 nitrogen and oxygen atoms in total. The summed E-state index contributed by atoms with van der Waals surface area (Å²) < 4.78 is 12.4. The molecule has 0 spiro atoms. The predicted molar refractivity (Wildman–Crippen MR) is 67.2 cm³/mol. The lowest BCUT2D eigenvalue weighted by Gasteiger charge is -2.16. The number of hydrogen-bond donors (Lipinski definition) is 1. The van der Waals surface area contributed by atoms with Crippen LogP contribution in [-0.4, -0.2) is 49.8 Å². The lowest BCUT2D eigenvalue weighted by Crippen LogP contribution is -2.33. The van der Waals surface area contributed by atoms with Gasteiger partial charge in [0, 0.05) is 32.3 Å². The van der Waals surface area contributed by atoms with Gasteiger partial charge in [0.1, 0.15) is 0 Å². The highest BCUT2D eigenvalue weighted by atomic mass is 16.5. The molecule has 1 atom stereocenters. The SMILES string of the molecule is CNC(COCCOC)Cc1cc(C)nn1C. The average Bonchev–Trinajstić information content (AvgIpc) is 2.61. The molecule has 1 N–H and O–H groups in total. The maximum Gasteiger partial charge on any atom is 0.0701 e. The van der Waals surface area contributed by atoms with Crippen molar-refractivity contribution in [2.45, 2.75) is 19.4 Å². The van der Waals surface area contributed by atoms with Gasteiger partial charge in [0.15, 0.2) is 0 Å². The average molecular weight is 241 g/mol. The van der Waals surface area contributed by atoms with Crippen LogP contribution in [0.3, 0.4) is 0 Å². The Balaban J connectivity index is 2.38. The molecule has 0 aliphatic heterocycles. The van der Waals surface area contributed by atoms with Gasteiger partial charge >= 0.3 is 0 Å². The van der Waals surface area contributed by atoms with Crippen molar-refractivity contribution >= 4 is 0 Å². The second-order valence-electron chi connectivity index (χ2n) is 4.16. The number of nitrogens with one attached hydrogen (secondary N) is 1. The minimum Gasteiger partial charge on any atom is -0.382 e. The van der Waals surface area contributed by atoms with E-state index in [0.29, 0.717) is 25.9 Å². The fourth-order valence-electron chi connectivity index (χ4n) is 1.72. The Morgan fingerprint density at radius 2 is 2.24 bits per heavy atom. The highest BCUT2D eigenvalue weighted by Crippen LogP contribution is 2.05. The van der Waals surface area contributed by atoms with Gasteiger partial charge in [-0.1, -0.05) is 0 Å². The van der Waals surface area contributed by atoms with Crippen LogP contribution in [0, 0.1) is 6.92 Å². The molecule has 0 fully saturated rings. The van der Waals surface area contributed by atoms with Crippen LogP contribution in [0.15, 0.2) is 6.07 Å². The Kier molecular flexibility index (Phi) is 6.18. The molecule has 1 aromatic rings. The summed E-state index contributed by atoms with van der Waals surface area (Å²) in [4.78, 5) is 0. The zero-order valence-corrected chi connectivity index (χ0v) is 11.2. The van der Waals surface area contributed by atoms with E-state index < -0.39 is 0 Å². The molecule has 0 aromatic carbocycles. The first-order valence-electron chi connectivity index (χ1n) is 5.90. The standard InChI is InChI=1S/C12H23N3O2/c1-10-7-12(15(3)14-10)8-11(13-2)9-17-6-5-16-4/h7,11,13H,5-6,8-9H2,1-4H3. The van der Waals surface area contributed by atoms with Crippen LogP contribution in [0.4, 0.5) is 0 Å². The minimum absolute atomic E-state index is 0.307. The van der Waals surface area contributed by atoms with Crippen molar-refractivity contribution in [3.8, 4) is 0 Å². The summed E-state index contributed by atoms with van der Waals surface area (Å²) in [6.07, 6.45) is 0.917. The van der Waals surface area contributed by atoms with Gasteiger partial charge in [-0.3, -0.25) is 4.68 Å². The van der Waals surface area contributed by atoms with E-state index in [0.717, 1.165) is 12.1 Å². The molecule has 1 heterocycles. The van der Waals surface area contributed by atoms with E-state index >= 15 is 0 Å². The summed E-state index contributed by atoms with van der Waals surface area (Å²) in [7, 11) is 5.60. The topological polar surface area (TPSA) is 48.3 Å². The Hall–Kier alpha value is -0.910. The lowest BCUT2D eigenvalue weighted by molar-refractivity contribution is 0.0595. The fraction of sp³-hybridized carbons (Fsp3) is 0.750. The molecule has 98 valence electrons. The van der Waals surface area contributed by atoms with Crippen molar-refractivity contribution in [3.05, 3.63) is 17.5 Å². The van der Waals surface area contributed by atoms with Crippen LogP contribution in [-0.2, 0) is 22.9 Å². The number of rotatable bonds is 8. The summed E-state index contributed by atoms with van der Waals surface area (Å²) in [5.74, 6) is 0. The number of methoxy groups -OCH3 is 1. The van der Waals surface area contributed by atoms with Crippen molar-refractivity contribution in [1.29, 1.82) is 0 Å². The Morgan fingerprint density at radius 1 is 1.47 bits per heavy atom. The van der Waals surface area contributed by atoms with Gasteiger partial charge in [0.25, 0.3) is 0 Å². The van der Waals surface area contributed by atoms with Crippen molar-refractivity contribution in [2.75, 3.05) is 34.0 Å². The van der Waals surface area contributed by atoms with E-state index in [1.165, 1.54) is 5.69 Å². The maximum absolute atomic E-state index is 5.53. The molecule has 0 saturated carbocycles. The quantitative estimate of drug-likeness (QED) is 0.674. The van der Waals surface area contributed by atoms with Crippen molar-refractivity contribution in [3.63, 3.8) is 0 Å². The summed E-state index contributed by atoms with van der Waals surface area (Å²) in [5, 5.41) is 7.59. The summed E-state index contributed by atoms with van der Waals surface area (Å²) in [5.41, 5.74) is 2.27. The molecule has 0 aliphatic carbocycles. The molecule has 1 rings (SSSR count). The van der Waals surface area contributed by atoms with E-state index in [4.69, 9.17) is 9.47 Å². The van der Waals surface area contributed by atoms with Gasteiger partial charge in [0.05, 0.1) is 25.5 Å².